The van der Waals surface area contributed by atoms with E-state index >= 15 is 0 Å². The van der Waals surface area contributed by atoms with E-state index in [-0.39, 0.29) is 6.09 Å². The molecule has 1 N–H and O–H groups in total. The lowest BCUT2D eigenvalue weighted by molar-refractivity contribution is 0.0214. The van der Waals surface area contributed by atoms with E-state index in [4.69, 9.17) is 4.74 Å². The predicted molar refractivity (Wildman–Crippen MR) is 106 cm³/mol. The van der Waals surface area contributed by atoms with Crippen molar-refractivity contribution in [3.05, 3.63) is 0 Å². The lowest BCUT2D eigenvalue weighted by Gasteiger charge is -2.31. The molecule has 0 aliphatic carbocycles. The van der Waals surface area contributed by atoms with Crippen LogP contribution in [0, 0.1) is 5.41 Å². The first-order valence-electron chi connectivity index (χ1n) is 10.3. The quantitative estimate of drug-likeness (QED) is 0.567. The Balaban J connectivity index is 2.42. The number of unbranched alkanes of at least 4 members (excludes halogenated alkanes) is 2. The Hall–Kier alpha value is -0.770. The van der Waals surface area contributed by atoms with Crippen LogP contribution in [0.15, 0.2) is 0 Å². The average Bonchev–Trinajstić information content (AvgIpc) is 2.92. The molecule has 0 spiro atoms. The van der Waals surface area contributed by atoms with Gasteiger partial charge in [-0.1, -0.05) is 40.0 Å². The highest BCUT2D eigenvalue weighted by molar-refractivity contribution is 5.68. The van der Waals surface area contributed by atoms with Crippen LogP contribution >= 0.6 is 0 Å². The van der Waals surface area contributed by atoms with Gasteiger partial charge in [-0.05, 0) is 58.8 Å². The van der Waals surface area contributed by atoms with Gasteiger partial charge in [0.15, 0.2) is 0 Å². The van der Waals surface area contributed by atoms with Crippen LogP contribution in [0.4, 0.5) is 4.79 Å². The molecule has 0 bridgehead atoms. The first kappa shape index (κ1) is 22.3. The highest BCUT2D eigenvalue weighted by atomic mass is 16.6. The smallest absolute Gasteiger partial charge is 0.410 e. The summed E-state index contributed by atoms with van der Waals surface area (Å²) in [6, 6.07) is 0.721. The molecule has 1 amide bonds. The number of hydrogen-bond donors (Lipinski definition) is 1. The summed E-state index contributed by atoms with van der Waals surface area (Å²) in [5.74, 6) is 0. The third-order valence-corrected chi connectivity index (χ3v) is 5.02. The molecule has 2 unspecified atom stereocenters. The number of rotatable bonds is 9. The van der Waals surface area contributed by atoms with Crippen molar-refractivity contribution < 1.29 is 9.53 Å². The highest BCUT2D eigenvalue weighted by Gasteiger charge is 2.33. The minimum atomic E-state index is -0.420. The SMILES string of the molecule is CCCCCC(C)(C)CNC(C)CC1CCCN1C(=O)OC(C)(C)C. The van der Waals surface area contributed by atoms with E-state index in [1.807, 2.05) is 25.7 Å². The molecule has 0 aromatic carbocycles. The summed E-state index contributed by atoms with van der Waals surface area (Å²) in [4.78, 5) is 14.3. The molecule has 0 aromatic rings. The monoisotopic (exact) mass is 354 g/mol. The first-order valence-corrected chi connectivity index (χ1v) is 10.3. The number of nitrogens with one attached hydrogen (secondary N) is 1. The number of amides is 1. The standard InChI is InChI=1S/C21H42N2O2/c1-8-9-10-13-21(6,7)16-22-17(2)15-18-12-11-14-23(18)19(24)25-20(3,4)5/h17-18,22H,8-16H2,1-7H3. The van der Waals surface area contributed by atoms with E-state index in [0.717, 1.165) is 32.4 Å². The molecular weight excluding hydrogens is 312 g/mol. The fraction of sp³-hybridized carbons (Fsp3) is 0.952. The highest BCUT2D eigenvalue weighted by Crippen LogP contribution is 2.26. The predicted octanol–water partition coefficient (Wildman–Crippen LogP) is 5.36. The lowest BCUT2D eigenvalue weighted by Crippen LogP contribution is -2.43. The van der Waals surface area contributed by atoms with Crippen LogP contribution in [0.5, 0.6) is 0 Å². The second-order valence-corrected chi connectivity index (χ2v) is 9.61. The summed E-state index contributed by atoms with van der Waals surface area (Å²) in [6.45, 7) is 16.9. The molecule has 0 saturated carbocycles. The zero-order valence-electron chi connectivity index (χ0n) is 17.8. The molecule has 0 aromatic heterocycles. The minimum absolute atomic E-state index is 0.151. The number of nitrogens with zero attached hydrogens (tertiary/aromatic N) is 1. The molecule has 4 heteroatoms. The summed E-state index contributed by atoms with van der Waals surface area (Å²) >= 11 is 0. The Labute approximate surface area is 156 Å². The number of likely N-dealkylation sites (tertiary alicyclic amines) is 1. The van der Waals surface area contributed by atoms with Crippen LogP contribution in [-0.2, 0) is 4.74 Å². The second-order valence-electron chi connectivity index (χ2n) is 9.61. The first-order chi connectivity index (χ1) is 11.5. The topological polar surface area (TPSA) is 41.6 Å². The summed E-state index contributed by atoms with van der Waals surface area (Å²) in [5.41, 5.74) is -0.0828. The maximum Gasteiger partial charge on any atom is 0.410 e. The summed E-state index contributed by atoms with van der Waals surface area (Å²) in [5, 5.41) is 3.71. The van der Waals surface area contributed by atoms with Crippen molar-refractivity contribution >= 4 is 6.09 Å². The van der Waals surface area contributed by atoms with Gasteiger partial charge in [0.05, 0.1) is 0 Å². The lowest BCUT2D eigenvalue weighted by atomic mass is 9.86. The molecule has 25 heavy (non-hydrogen) atoms. The van der Waals surface area contributed by atoms with Crippen LogP contribution in [0.3, 0.4) is 0 Å². The van der Waals surface area contributed by atoms with Gasteiger partial charge in [0.2, 0.25) is 0 Å². The fourth-order valence-corrected chi connectivity index (χ4v) is 3.53. The van der Waals surface area contributed by atoms with Crippen molar-refractivity contribution in [1.82, 2.24) is 10.2 Å². The fourth-order valence-electron chi connectivity index (χ4n) is 3.53. The van der Waals surface area contributed by atoms with Gasteiger partial charge in [-0.25, -0.2) is 4.79 Å². The molecule has 4 nitrogen and oxygen atoms in total. The molecule has 148 valence electrons. The van der Waals surface area contributed by atoms with Crippen molar-refractivity contribution in [2.45, 2.75) is 111 Å². The van der Waals surface area contributed by atoms with Crippen LogP contribution in [-0.4, -0.2) is 41.8 Å². The van der Waals surface area contributed by atoms with E-state index in [1.54, 1.807) is 0 Å². The van der Waals surface area contributed by atoms with E-state index in [1.165, 1.54) is 25.7 Å². The molecule has 1 heterocycles. The van der Waals surface area contributed by atoms with Crippen molar-refractivity contribution in [1.29, 1.82) is 0 Å². The summed E-state index contributed by atoms with van der Waals surface area (Å²) in [7, 11) is 0. The van der Waals surface area contributed by atoms with Gasteiger partial charge >= 0.3 is 6.09 Å². The zero-order valence-corrected chi connectivity index (χ0v) is 17.8. The molecule has 1 aliphatic rings. The molecule has 1 rings (SSSR count). The molecule has 2 atom stereocenters. The number of ether oxygens (including phenoxy) is 1. The maximum atomic E-state index is 12.4. The Morgan fingerprint density at radius 2 is 1.92 bits per heavy atom. The summed E-state index contributed by atoms with van der Waals surface area (Å²) < 4.78 is 5.57. The Morgan fingerprint density at radius 3 is 2.52 bits per heavy atom. The number of hydrogen-bond acceptors (Lipinski definition) is 3. The third-order valence-electron chi connectivity index (χ3n) is 5.02. The largest absolute Gasteiger partial charge is 0.444 e. The van der Waals surface area contributed by atoms with Crippen molar-refractivity contribution in [3.8, 4) is 0 Å². The molecule has 1 saturated heterocycles. The van der Waals surface area contributed by atoms with E-state index < -0.39 is 5.60 Å². The van der Waals surface area contributed by atoms with Crippen molar-refractivity contribution in [2.75, 3.05) is 13.1 Å². The molecule has 1 aliphatic heterocycles. The van der Waals surface area contributed by atoms with Crippen molar-refractivity contribution in [3.63, 3.8) is 0 Å². The van der Waals surface area contributed by atoms with E-state index in [9.17, 15) is 4.79 Å². The Bertz CT molecular complexity index is 401. The average molecular weight is 355 g/mol. The van der Waals surface area contributed by atoms with Gasteiger partial charge < -0.3 is 15.0 Å². The Kier molecular flexibility index (Phi) is 8.73. The van der Waals surface area contributed by atoms with Crippen LogP contribution in [0.2, 0.25) is 0 Å². The van der Waals surface area contributed by atoms with E-state index in [0.29, 0.717) is 17.5 Å². The molecular formula is C21H42N2O2. The normalized spacial score (nSPS) is 20.0. The molecule has 0 radical (unpaired) electrons. The number of carbonyl (C=O) groups is 1. The van der Waals surface area contributed by atoms with Crippen LogP contribution in [0.1, 0.15) is 93.4 Å². The van der Waals surface area contributed by atoms with Gasteiger partial charge in [-0.3, -0.25) is 0 Å². The van der Waals surface area contributed by atoms with Gasteiger partial charge in [-0.15, -0.1) is 0 Å². The van der Waals surface area contributed by atoms with Gasteiger partial charge in [0, 0.05) is 25.2 Å². The third kappa shape index (κ3) is 8.94. The minimum Gasteiger partial charge on any atom is -0.444 e. The van der Waals surface area contributed by atoms with Gasteiger partial charge in [-0.2, -0.15) is 0 Å². The molecule has 1 fully saturated rings. The Morgan fingerprint density at radius 1 is 1.24 bits per heavy atom. The second kappa shape index (κ2) is 9.80. The maximum absolute atomic E-state index is 12.4. The van der Waals surface area contributed by atoms with Gasteiger partial charge in [0.1, 0.15) is 5.60 Å². The zero-order chi connectivity index (χ0) is 19.1. The van der Waals surface area contributed by atoms with Gasteiger partial charge in [0.25, 0.3) is 0 Å². The van der Waals surface area contributed by atoms with Crippen LogP contribution < -0.4 is 5.32 Å². The van der Waals surface area contributed by atoms with Crippen molar-refractivity contribution in [2.24, 2.45) is 5.41 Å². The number of carbonyl (C=O) groups excluding carboxylic acids is 1. The van der Waals surface area contributed by atoms with E-state index in [2.05, 4.69) is 33.0 Å². The van der Waals surface area contributed by atoms with Crippen LogP contribution in [0.25, 0.3) is 0 Å². The summed E-state index contributed by atoms with van der Waals surface area (Å²) in [6.07, 6.45) is 8.22.